The Morgan fingerprint density at radius 3 is 3.17 bits per heavy atom. The third kappa shape index (κ3) is 3.24. The maximum atomic E-state index is 11.9. The second-order valence-electron chi connectivity index (χ2n) is 4.33. The highest BCUT2D eigenvalue weighted by molar-refractivity contribution is 7.14. The van der Waals surface area contributed by atoms with Gasteiger partial charge < -0.3 is 5.32 Å². The number of rotatable bonds is 6. The molecule has 0 spiro atoms. The fraction of sp³-hybridized carbons (Fsp3) is 0.583. The van der Waals surface area contributed by atoms with Gasteiger partial charge in [0, 0.05) is 22.9 Å². The number of amides is 1. The number of thiophene rings is 1. The Bertz CT molecular complexity index is 455. The monoisotopic (exact) mass is 264 g/mol. The van der Waals surface area contributed by atoms with Crippen LogP contribution in [0.2, 0.25) is 0 Å². The summed E-state index contributed by atoms with van der Waals surface area (Å²) in [6, 6.07) is 2.03. The lowest BCUT2D eigenvalue weighted by atomic mass is 10.2. The molecule has 1 amide bonds. The van der Waals surface area contributed by atoms with Crippen molar-refractivity contribution in [2.75, 3.05) is 13.1 Å². The van der Waals surface area contributed by atoms with Crippen LogP contribution < -0.4 is 5.32 Å². The van der Waals surface area contributed by atoms with Gasteiger partial charge in [-0.3, -0.25) is 4.79 Å². The Morgan fingerprint density at radius 1 is 1.50 bits per heavy atom. The minimum absolute atomic E-state index is 0.0261. The normalized spacial score (nSPS) is 12.9. The van der Waals surface area contributed by atoms with Crippen LogP contribution in [0.25, 0.3) is 10.4 Å². The van der Waals surface area contributed by atoms with Gasteiger partial charge >= 0.3 is 0 Å². The van der Waals surface area contributed by atoms with Crippen molar-refractivity contribution < 1.29 is 4.79 Å². The Labute approximate surface area is 110 Å². The van der Waals surface area contributed by atoms with Gasteiger partial charge in [-0.05, 0) is 49.3 Å². The van der Waals surface area contributed by atoms with Crippen molar-refractivity contribution in [2.24, 2.45) is 5.11 Å². The molecule has 1 aromatic heterocycles. The van der Waals surface area contributed by atoms with Crippen LogP contribution in [0.5, 0.6) is 0 Å². The number of azide groups is 1. The van der Waals surface area contributed by atoms with Gasteiger partial charge in [0.05, 0.1) is 4.88 Å². The molecule has 6 heteroatoms. The van der Waals surface area contributed by atoms with Crippen LogP contribution in [0.4, 0.5) is 0 Å². The fourth-order valence-electron chi connectivity index (χ4n) is 2.08. The highest BCUT2D eigenvalue weighted by Gasteiger charge is 2.17. The van der Waals surface area contributed by atoms with Crippen LogP contribution >= 0.6 is 11.3 Å². The Balaban J connectivity index is 1.72. The van der Waals surface area contributed by atoms with Crippen LogP contribution in [-0.2, 0) is 12.8 Å². The lowest BCUT2D eigenvalue weighted by Crippen LogP contribution is -2.23. The molecular weight excluding hydrogens is 248 g/mol. The van der Waals surface area contributed by atoms with Crippen molar-refractivity contribution in [3.63, 3.8) is 0 Å². The third-order valence-corrected chi connectivity index (χ3v) is 4.24. The molecule has 0 saturated carbocycles. The summed E-state index contributed by atoms with van der Waals surface area (Å²) < 4.78 is 0. The van der Waals surface area contributed by atoms with E-state index in [2.05, 4.69) is 15.3 Å². The molecule has 5 nitrogen and oxygen atoms in total. The SMILES string of the molecule is [N-]=[N+]=NCCCCNC(=O)c1cc2c(s1)CCC2. The Morgan fingerprint density at radius 2 is 2.39 bits per heavy atom. The van der Waals surface area contributed by atoms with Crippen molar-refractivity contribution >= 4 is 17.2 Å². The molecular formula is C12H16N4OS. The zero-order valence-electron chi connectivity index (χ0n) is 10.2. The summed E-state index contributed by atoms with van der Waals surface area (Å²) in [4.78, 5) is 16.7. The summed E-state index contributed by atoms with van der Waals surface area (Å²) in [5, 5.41) is 6.35. The van der Waals surface area contributed by atoms with Gasteiger partial charge in [-0.25, -0.2) is 0 Å². The molecule has 0 atom stereocenters. The van der Waals surface area contributed by atoms with Gasteiger partial charge in [0.15, 0.2) is 0 Å². The van der Waals surface area contributed by atoms with Crippen molar-refractivity contribution in [3.8, 4) is 0 Å². The molecule has 0 unspecified atom stereocenters. The van der Waals surface area contributed by atoms with Crippen LogP contribution in [0.1, 0.15) is 39.4 Å². The Hall–Kier alpha value is -1.52. The summed E-state index contributed by atoms with van der Waals surface area (Å²) in [5.74, 6) is 0.0261. The second-order valence-corrected chi connectivity index (χ2v) is 5.47. The molecule has 1 aliphatic carbocycles. The molecule has 0 radical (unpaired) electrons. The average molecular weight is 264 g/mol. The summed E-state index contributed by atoms with van der Waals surface area (Å²) >= 11 is 1.62. The molecule has 1 aliphatic rings. The summed E-state index contributed by atoms with van der Waals surface area (Å²) in [6.07, 6.45) is 5.12. The molecule has 0 fully saturated rings. The van der Waals surface area contributed by atoms with E-state index in [0.29, 0.717) is 13.1 Å². The number of carbonyl (C=O) groups excluding carboxylic acids is 1. The molecule has 96 valence electrons. The molecule has 0 bridgehead atoms. The molecule has 1 aromatic rings. The first-order valence-corrected chi connectivity index (χ1v) is 7.03. The van der Waals surface area contributed by atoms with Gasteiger partial charge in [0.1, 0.15) is 0 Å². The maximum absolute atomic E-state index is 11.9. The van der Waals surface area contributed by atoms with Gasteiger partial charge in [-0.2, -0.15) is 0 Å². The number of nitrogens with zero attached hydrogens (tertiary/aromatic N) is 3. The zero-order valence-corrected chi connectivity index (χ0v) is 11.0. The summed E-state index contributed by atoms with van der Waals surface area (Å²) in [5.41, 5.74) is 9.46. The number of hydrogen-bond acceptors (Lipinski definition) is 3. The van der Waals surface area contributed by atoms with Crippen LogP contribution in [0.3, 0.4) is 0 Å². The highest BCUT2D eigenvalue weighted by Crippen LogP contribution is 2.30. The van der Waals surface area contributed by atoms with Gasteiger partial charge in [0.2, 0.25) is 0 Å². The van der Waals surface area contributed by atoms with E-state index in [1.165, 1.54) is 16.9 Å². The largest absolute Gasteiger partial charge is 0.351 e. The van der Waals surface area contributed by atoms with Crippen LogP contribution in [0.15, 0.2) is 11.2 Å². The van der Waals surface area contributed by atoms with E-state index >= 15 is 0 Å². The van der Waals surface area contributed by atoms with Gasteiger partial charge in [-0.1, -0.05) is 5.11 Å². The maximum Gasteiger partial charge on any atom is 0.261 e. The molecule has 1 N–H and O–H groups in total. The Kier molecular flexibility index (Phi) is 4.61. The van der Waals surface area contributed by atoms with Crippen molar-refractivity contribution in [1.29, 1.82) is 0 Å². The van der Waals surface area contributed by atoms with E-state index in [-0.39, 0.29) is 5.91 Å². The third-order valence-electron chi connectivity index (χ3n) is 3.00. The topological polar surface area (TPSA) is 77.9 Å². The average Bonchev–Trinajstić information content (AvgIpc) is 2.93. The van der Waals surface area contributed by atoms with Gasteiger partial charge in [-0.15, -0.1) is 11.3 Å². The molecule has 0 saturated heterocycles. The smallest absolute Gasteiger partial charge is 0.261 e. The van der Waals surface area contributed by atoms with Crippen molar-refractivity contribution in [1.82, 2.24) is 5.32 Å². The summed E-state index contributed by atoms with van der Waals surface area (Å²) in [7, 11) is 0. The number of nitrogens with one attached hydrogen (secondary N) is 1. The first kappa shape index (κ1) is 12.9. The zero-order chi connectivity index (χ0) is 12.8. The molecule has 1 heterocycles. The predicted molar refractivity (Wildman–Crippen MR) is 71.9 cm³/mol. The van der Waals surface area contributed by atoms with E-state index in [9.17, 15) is 4.79 Å². The molecule has 2 rings (SSSR count). The van der Waals surface area contributed by atoms with Gasteiger partial charge in [0.25, 0.3) is 5.91 Å². The predicted octanol–water partition coefficient (Wildman–Crippen LogP) is 3.06. The number of unbranched alkanes of at least 4 members (excludes halogenated alkanes) is 1. The molecule has 0 aliphatic heterocycles. The standard InChI is InChI=1S/C12H16N4OS/c13-16-15-7-2-1-6-14-12(17)11-8-9-4-3-5-10(9)18-11/h8H,1-7H2,(H,14,17). The number of carbonyl (C=O) groups is 1. The first-order valence-electron chi connectivity index (χ1n) is 6.22. The number of fused-ring (bicyclic) bond motifs is 1. The molecule has 0 aromatic carbocycles. The fourth-order valence-corrected chi connectivity index (χ4v) is 3.25. The summed E-state index contributed by atoms with van der Waals surface area (Å²) in [6.45, 7) is 1.14. The second kappa shape index (κ2) is 6.42. The van der Waals surface area contributed by atoms with E-state index < -0.39 is 0 Å². The van der Waals surface area contributed by atoms with E-state index in [1.54, 1.807) is 11.3 Å². The highest BCUT2D eigenvalue weighted by atomic mass is 32.1. The van der Waals surface area contributed by atoms with Crippen molar-refractivity contribution in [2.45, 2.75) is 32.1 Å². The number of hydrogen-bond donors (Lipinski definition) is 1. The van der Waals surface area contributed by atoms with Crippen molar-refractivity contribution in [3.05, 3.63) is 31.8 Å². The quantitative estimate of drug-likeness (QED) is 0.364. The van der Waals surface area contributed by atoms with E-state index in [1.807, 2.05) is 6.07 Å². The van der Waals surface area contributed by atoms with Crippen LogP contribution in [0, 0.1) is 0 Å². The van der Waals surface area contributed by atoms with E-state index in [0.717, 1.165) is 30.6 Å². The minimum atomic E-state index is 0.0261. The molecule has 18 heavy (non-hydrogen) atoms. The van der Waals surface area contributed by atoms with E-state index in [4.69, 9.17) is 5.53 Å². The van der Waals surface area contributed by atoms with Crippen LogP contribution in [-0.4, -0.2) is 19.0 Å². The minimum Gasteiger partial charge on any atom is -0.351 e. The number of aryl methyl sites for hydroxylation is 2. The lowest BCUT2D eigenvalue weighted by Gasteiger charge is -2.02. The first-order chi connectivity index (χ1) is 8.81. The lowest BCUT2D eigenvalue weighted by molar-refractivity contribution is 0.0957.